The van der Waals surface area contributed by atoms with Crippen molar-refractivity contribution in [3.8, 4) is 0 Å². The Morgan fingerprint density at radius 1 is 1.47 bits per heavy atom. The molecule has 1 fully saturated rings. The highest BCUT2D eigenvalue weighted by molar-refractivity contribution is 5.02. The highest BCUT2D eigenvalue weighted by Gasteiger charge is 2.48. The van der Waals surface area contributed by atoms with Gasteiger partial charge in [-0.15, -0.1) is 0 Å². The van der Waals surface area contributed by atoms with Gasteiger partial charge in [-0.25, -0.2) is 0 Å². The van der Waals surface area contributed by atoms with Crippen molar-refractivity contribution in [1.82, 2.24) is 5.32 Å². The molecule has 0 aromatic carbocycles. The van der Waals surface area contributed by atoms with Crippen molar-refractivity contribution in [2.75, 3.05) is 20.3 Å². The van der Waals surface area contributed by atoms with E-state index >= 15 is 0 Å². The Morgan fingerprint density at radius 3 is 2.60 bits per heavy atom. The van der Waals surface area contributed by atoms with Gasteiger partial charge in [-0.2, -0.15) is 0 Å². The van der Waals surface area contributed by atoms with Crippen molar-refractivity contribution in [3.05, 3.63) is 0 Å². The van der Waals surface area contributed by atoms with Crippen molar-refractivity contribution in [2.24, 2.45) is 5.41 Å². The lowest BCUT2D eigenvalue weighted by Gasteiger charge is -2.52. The van der Waals surface area contributed by atoms with Crippen LogP contribution in [0.3, 0.4) is 0 Å². The molecule has 0 amide bonds. The van der Waals surface area contributed by atoms with E-state index in [1.165, 1.54) is 0 Å². The third-order valence-electron chi connectivity index (χ3n) is 3.60. The first-order valence-corrected chi connectivity index (χ1v) is 5.90. The van der Waals surface area contributed by atoms with Crippen LogP contribution < -0.4 is 5.32 Å². The van der Waals surface area contributed by atoms with Crippen LogP contribution in [0.2, 0.25) is 0 Å². The average Bonchev–Trinajstić information content (AvgIpc) is 2.21. The Morgan fingerprint density at radius 2 is 2.13 bits per heavy atom. The van der Waals surface area contributed by atoms with Crippen LogP contribution in [-0.2, 0) is 9.47 Å². The topological polar surface area (TPSA) is 30.5 Å². The summed E-state index contributed by atoms with van der Waals surface area (Å²) in [7, 11) is 1.75. The molecule has 0 bridgehead atoms. The lowest BCUT2D eigenvalue weighted by Crippen LogP contribution is -2.61. The van der Waals surface area contributed by atoms with E-state index in [0.717, 1.165) is 19.6 Å². The third kappa shape index (κ3) is 2.92. The Balaban J connectivity index is 2.29. The number of nitrogens with one attached hydrogen (secondary N) is 1. The molecular formula is C12H25NO2. The zero-order valence-corrected chi connectivity index (χ0v) is 10.7. The van der Waals surface area contributed by atoms with E-state index in [2.05, 4.69) is 33.0 Å². The van der Waals surface area contributed by atoms with Gasteiger partial charge in [0.05, 0.1) is 12.2 Å². The molecule has 0 aromatic rings. The molecule has 0 spiro atoms. The van der Waals surface area contributed by atoms with Gasteiger partial charge in [-0.05, 0) is 20.3 Å². The van der Waals surface area contributed by atoms with Gasteiger partial charge in [-0.1, -0.05) is 13.8 Å². The fourth-order valence-electron chi connectivity index (χ4n) is 2.11. The monoisotopic (exact) mass is 215 g/mol. The molecule has 1 rings (SSSR count). The Hall–Kier alpha value is -0.120. The van der Waals surface area contributed by atoms with Crippen molar-refractivity contribution in [1.29, 1.82) is 0 Å². The smallest absolute Gasteiger partial charge is 0.0667 e. The summed E-state index contributed by atoms with van der Waals surface area (Å²) in [5.74, 6) is 0. The van der Waals surface area contributed by atoms with Gasteiger partial charge in [0.25, 0.3) is 0 Å². The number of methoxy groups -OCH3 is 1. The molecule has 3 unspecified atom stereocenters. The van der Waals surface area contributed by atoms with Gasteiger partial charge in [0.15, 0.2) is 0 Å². The maximum absolute atomic E-state index is 5.69. The number of hydrogen-bond donors (Lipinski definition) is 1. The molecule has 0 saturated heterocycles. The lowest BCUT2D eigenvalue weighted by atomic mass is 9.64. The zero-order chi connectivity index (χ0) is 11.5. The summed E-state index contributed by atoms with van der Waals surface area (Å²) in [6, 6.07) is 0.562. The van der Waals surface area contributed by atoms with E-state index in [9.17, 15) is 0 Å². The fraction of sp³-hybridized carbons (Fsp3) is 1.00. The maximum atomic E-state index is 5.69. The van der Waals surface area contributed by atoms with Crippen LogP contribution in [0, 0.1) is 5.41 Å². The SMILES string of the molecule is CCOC1CC(NCC(C)OC)C1(C)C. The summed E-state index contributed by atoms with van der Waals surface area (Å²) >= 11 is 0. The van der Waals surface area contributed by atoms with Crippen LogP contribution in [0.5, 0.6) is 0 Å². The van der Waals surface area contributed by atoms with E-state index < -0.39 is 0 Å². The minimum atomic E-state index is 0.253. The summed E-state index contributed by atoms with van der Waals surface area (Å²) in [5.41, 5.74) is 0.253. The van der Waals surface area contributed by atoms with Crippen molar-refractivity contribution in [2.45, 2.75) is 52.4 Å². The van der Waals surface area contributed by atoms with E-state index in [1.807, 2.05) is 0 Å². The molecule has 1 saturated carbocycles. The minimum absolute atomic E-state index is 0.253. The second-order valence-electron chi connectivity index (χ2n) is 5.01. The molecule has 3 heteroatoms. The molecule has 1 aliphatic carbocycles. The van der Waals surface area contributed by atoms with Crippen LogP contribution in [0.25, 0.3) is 0 Å². The van der Waals surface area contributed by atoms with Crippen molar-refractivity contribution in [3.63, 3.8) is 0 Å². The number of ether oxygens (including phenoxy) is 2. The summed E-state index contributed by atoms with van der Waals surface area (Å²) < 4.78 is 10.9. The zero-order valence-electron chi connectivity index (χ0n) is 10.7. The Kier molecular flexibility index (Phi) is 4.56. The first-order chi connectivity index (χ1) is 7.02. The average molecular weight is 215 g/mol. The highest BCUT2D eigenvalue weighted by atomic mass is 16.5. The lowest BCUT2D eigenvalue weighted by molar-refractivity contribution is -0.115. The van der Waals surface area contributed by atoms with E-state index in [4.69, 9.17) is 9.47 Å². The molecular weight excluding hydrogens is 190 g/mol. The van der Waals surface area contributed by atoms with Crippen LogP contribution in [-0.4, -0.2) is 38.5 Å². The number of hydrogen-bond acceptors (Lipinski definition) is 3. The van der Waals surface area contributed by atoms with Gasteiger partial charge in [0.2, 0.25) is 0 Å². The molecule has 0 aliphatic heterocycles. The Labute approximate surface area is 93.5 Å². The minimum Gasteiger partial charge on any atom is -0.380 e. The summed E-state index contributed by atoms with van der Waals surface area (Å²) in [6.45, 7) is 10.4. The molecule has 0 heterocycles. The first kappa shape index (κ1) is 12.9. The largest absolute Gasteiger partial charge is 0.380 e. The third-order valence-corrected chi connectivity index (χ3v) is 3.60. The molecule has 90 valence electrons. The fourth-order valence-corrected chi connectivity index (χ4v) is 2.11. The van der Waals surface area contributed by atoms with Crippen molar-refractivity contribution >= 4 is 0 Å². The normalized spacial score (nSPS) is 31.0. The van der Waals surface area contributed by atoms with E-state index in [-0.39, 0.29) is 11.5 Å². The second-order valence-corrected chi connectivity index (χ2v) is 5.01. The molecule has 0 radical (unpaired) electrons. The van der Waals surface area contributed by atoms with Crippen LogP contribution in [0.4, 0.5) is 0 Å². The molecule has 0 aromatic heterocycles. The standard InChI is InChI=1S/C12H25NO2/c1-6-15-11-7-10(12(11,3)4)13-8-9(2)14-5/h9-11,13H,6-8H2,1-5H3. The van der Waals surface area contributed by atoms with Crippen LogP contribution >= 0.6 is 0 Å². The highest BCUT2D eigenvalue weighted by Crippen LogP contribution is 2.42. The predicted octanol–water partition coefficient (Wildman–Crippen LogP) is 1.81. The van der Waals surface area contributed by atoms with Gasteiger partial charge in [0.1, 0.15) is 0 Å². The molecule has 3 nitrogen and oxygen atoms in total. The Bertz CT molecular complexity index is 194. The molecule has 1 aliphatic rings. The summed E-state index contributed by atoms with van der Waals surface area (Å²) in [6.07, 6.45) is 1.82. The van der Waals surface area contributed by atoms with Crippen LogP contribution in [0.15, 0.2) is 0 Å². The number of rotatable bonds is 6. The van der Waals surface area contributed by atoms with Gasteiger partial charge in [-0.3, -0.25) is 0 Å². The predicted molar refractivity (Wildman–Crippen MR) is 62.1 cm³/mol. The van der Waals surface area contributed by atoms with Crippen LogP contribution in [0.1, 0.15) is 34.1 Å². The van der Waals surface area contributed by atoms with Gasteiger partial charge < -0.3 is 14.8 Å². The van der Waals surface area contributed by atoms with E-state index in [0.29, 0.717) is 12.1 Å². The second kappa shape index (κ2) is 5.28. The molecule has 15 heavy (non-hydrogen) atoms. The molecule has 1 N–H and O–H groups in total. The summed E-state index contributed by atoms with van der Waals surface area (Å²) in [5, 5.41) is 3.54. The van der Waals surface area contributed by atoms with Gasteiger partial charge >= 0.3 is 0 Å². The molecule has 3 atom stereocenters. The van der Waals surface area contributed by atoms with Gasteiger partial charge in [0, 0.05) is 31.7 Å². The maximum Gasteiger partial charge on any atom is 0.0667 e. The quantitative estimate of drug-likeness (QED) is 0.733. The first-order valence-electron chi connectivity index (χ1n) is 5.90. The summed E-state index contributed by atoms with van der Waals surface area (Å²) in [4.78, 5) is 0. The van der Waals surface area contributed by atoms with Crippen molar-refractivity contribution < 1.29 is 9.47 Å². The van der Waals surface area contributed by atoms with E-state index in [1.54, 1.807) is 7.11 Å².